The van der Waals surface area contributed by atoms with Crippen molar-refractivity contribution >= 4 is 5.95 Å². The lowest BCUT2D eigenvalue weighted by Crippen LogP contribution is -2.15. The molecule has 1 N–H and O–H groups in total. The van der Waals surface area contributed by atoms with Crippen molar-refractivity contribution in [3.8, 4) is 11.5 Å². The zero-order chi connectivity index (χ0) is 14.1. The molecule has 4 rings (SSSR count). The van der Waals surface area contributed by atoms with Gasteiger partial charge in [0.25, 0.3) is 0 Å². The van der Waals surface area contributed by atoms with Crippen molar-refractivity contribution in [1.82, 2.24) is 9.55 Å². The Labute approximate surface area is 123 Å². The summed E-state index contributed by atoms with van der Waals surface area (Å²) in [5.74, 6) is 2.69. The van der Waals surface area contributed by atoms with E-state index < -0.39 is 0 Å². The van der Waals surface area contributed by atoms with Crippen molar-refractivity contribution in [2.45, 2.75) is 25.3 Å². The molecule has 0 radical (unpaired) electrons. The maximum absolute atomic E-state index is 5.61. The van der Waals surface area contributed by atoms with Crippen molar-refractivity contribution in [2.24, 2.45) is 0 Å². The number of rotatable bonds is 5. The Morgan fingerprint density at radius 2 is 2.05 bits per heavy atom. The molecule has 0 spiro atoms. The number of nitrogens with one attached hydrogen (secondary N) is 1. The molecular formula is C16H19N3O2. The first-order valence-electron chi connectivity index (χ1n) is 7.55. The predicted molar refractivity (Wildman–Crippen MR) is 80.1 cm³/mol. The lowest BCUT2D eigenvalue weighted by Gasteiger charge is -2.19. The molecule has 5 nitrogen and oxygen atoms in total. The van der Waals surface area contributed by atoms with Crippen LogP contribution in [0.2, 0.25) is 0 Å². The molecule has 21 heavy (non-hydrogen) atoms. The number of ether oxygens (including phenoxy) is 2. The van der Waals surface area contributed by atoms with Gasteiger partial charge in [0.15, 0.2) is 11.5 Å². The van der Waals surface area contributed by atoms with Crippen LogP contribution in [-0.2, 0) is 6.42 Å². The average molecular weight is 285 g/mol. The lowest BCUT2D eigenvalue weighted by atomic mass is 10.1. The third kappa shape index (κ3) is 2.68. The molecule has 2 aliphatic rings. The Morgan fingerprint density at radius 1 is 1.19 bits per heavy atom. The first-order valence-corrected chi connectivity index (χ1v) is 7.55. The molecule has 0 saturated heterocycles. The monoisotopic (exact) mass is 285 g/mol. The second kappa shape index (κ2) is 5.31. The van der Waals surface area contributed by atoms with Crippen LogP contribution in [0.4, 0.5) is 5.95 Å². The number of hydrogen-bond donors (Lipinski definition) is 1. The number of imidazole rings is 1. The van der Waals surface area contributed by atoms with Gasteiger partial charge in [-0.15, -0.1) is 0 Å². The molecule has 1 aromatic heterocycles. The lowest BCUT2D eigenvalue weighted by molar-refractivity contribution is 0.171. The van der Waals surface area contributed by atoms with Gasteiger partial charge in [-0.2, -0.15) is 0 Å². The highest BCUT2D eigenvalue weighted by atomic mass is 16.6. The molecule has 0 atom stereocenters. The van der Waals surface area contributed by atoms with Gasteiger partial charge in [0.05, 0.1) is 0 Å². The third-order valence-electron chi connectivity index (χ3n) is 3.91. The van der Waals surface area contributed by atoms with E-state index in [0.717, 1.165) is 30.4 Å². The van der Waals surface area contributed by atoms with Crippen molar-refractivity contribution in [1.29, 1.82) is 0 Å². The topological polar surface area (TPSA) is 48.3 Å². The molecule has 1 aliphatic heterocycles. The Kier molecular flexibility index (Phi) is 3.18. The Bertz CT molecular complexity index is 634. The minimum Gasteiger partial charge on any atom is -0.486 e. The number of nitrogens with zero attached hydrogens (tertiary/aromatic N) is 2. The Morgan fingerprint density at radius 3 is 2.90 bits per heavy atom. The SMILES string of the molecule is c1cn(C2CC2)c(NCCc2ccc3c(c2)OCCO3)n1. The molecule has 0 bridgehead atoms. The number of benzene rings is 1. The fourth-order valence-electron chi connectivity index (χ4n) is 2.66. The first kappa shape index (κ1) is 12.6. The summed E-state index contributed by atoms with van der Waals surface area (Å²) >= 11 is 0. The van der Waals surface area contributed by atoms with E-state index in [2.05, 4.69) is 33.2 Å². The molecule has 0 unspecified atom stereocenters. The van der Waals surface area contributed by atoms with Crippen molar-refractivity contribution in [2.75, 3.05) is 25.1 Å². The van der Waals surface area contributed by atoms with E-state index in [4.69, 9.17) is 9.47 Å². The van der Waals surface area contributed by atoms with Crippen LogP contribution in [0.25, 0.3) is 0 Å². The molecule has 2 heterocycles. The highest BCUT2D eigenvalue weighted by Gasteiger charge is 2.25. The van der Waals surface area contributed by atoms with Gasteiger partial charge in [-0.3, -0.25) is 0 Å². The van der Waals surface area contributed by atoms with Gasteiger partial charge in [-0.25, -0.2) is 4.98 Å². The largest absolute Gasteiger partial charge is 0.486 e. The minimum absolute atomic E-state index is 0.632. The van der Waals surface area contributed by atoms with Crippen LogP contribution < -0.4 is 14.8 Å². The average Bonchev–Trinajstić information content (AvgIpc) is 3.26. The summed E-state index contributed by atoms with van der Waals surface area (Å²) in [7, 11) is 0. The molecule has 0 amide bonds. The van der Waals surface area contributed by atoms with Crippen molar-refractivity contribution < 1.29 is 9.47 Å². The van der Waals surface area contributed by atoms with E-state index in [-0.39, 0.29) is 0 Å². The Balaban J connectivity index is 1.37. The van der Waals surface area contributed by atoms with E-state index in [9.17, 15) is 0 Å². The second-order valence-electron chi connectivity index (χ2n) is 5.54. The summed E-state index contributed by atoms with van der Waals surface area (Å²) in [5.41, 5.74) is 1.25. The molecule has 1 aliphatic carbocycles. The van der Waals surface area contributed by atoms with E-state index in [0.29, 0.717) is 19.3 Å². The van der Waals surface area contributed by atoms with E-state index >= 15 is 0 Å². The van der Waals surface area contributed by atoms with E-state index in [1.54, 1.807) is 0 Å². The molecule has 1 saturated carbocycles. The molecule has 1 aromatic carbocycles. The second-order valence-corrected chi connectivity index (χ2v) is 5.54. The summed E-state index contributed by atoms with van der Waals surface area (Å²) in [6.07, 6.45) is 7.41. The van der Waals surface area contributed by atoms with Crippen LogP contribution in [0, 0.1) is 0 Å². The Hall–Kier alpha value is -2.17. The van der Waals surface area contributed by atoms with Crippen LogP contribution in [0.1, 0.15) is 24.4 Å². The third-order valence-corrected chi connectivity index (χ3v) is 3.91. The number of fused-ring (bicyclic) bond motifs is 1. The summed E-state index contributed by atoms with van der Waals surface area (Å²) < 4.78 is 13.4. The van der Waals surface area contributed by atoms with E-state index in [1.807, 2.05) is 12.3 Å². The first-order chi connectivity index (χ1) is 10.4. The van der Waals surface area contributed by atoms with Crippen molar-refractivity contribution in [3.05, 3.63) is 36.2 Å². The zero-order valence-electron chi connectivity index (χ0n) is 11.9. The number of hydrogen-bond acceptors (Lipinski definition) is 4. The summed E-state index contributed by atoms with van der Waals surface area (Å²) in [5, 5.41) is 3.42. The molecule has 1 fully saturated rings. The van der Waals surface area contributed by atoms with Crippen LogP contribution >= 0.6 is 0 Å². The summed E-state index contributed by atoms with van der Waals surface area (Å²) in [4.78, 5) is 4.39. The van der Waals surface area contributed by atoms with Gasteiger partial charge >= 0.3 is 0 Å². The molecular weight excluding hydrogens is 266 g/mol. The zero-order valence-corrected chi connectivity index (χ0v) is 11.9. The predicted octanol–water partition coefficient (Wildman–Crippen LogP) is 2.64. The summed E-state index contributed by atoms with van der Waals surface area (Å²) in [6.45, 7) is 2.13. The minimum atomic E-state index is 0.632. The van der Waals surface area contributed by atoms with Gasteiger partial charge in [-0.1, -0.05) is 6.07 Å². The normalized spacial score (nSPS) is 16.8. The molecule has 5 heteroatoms. The van der Waals surface area contributed by atoms with Gasteiger partial charge in [0, 0.05) is 25.0 Å². The highest BCUT2D eigenvalue weighted by Crippen LogP contribution is 2.36. The van der Waals surface area contributed by atoms with Crippen LogP contribution in [0.5, 0.6) is 11.5 Å². The fraction of sp³-hybridized carbons (Fsp3) is 0.438. The molecule has 2 aromatic rings. The van der Waals surface area contributed by atoms with E-state index in [1.165, 1.54) is 18.4 Å². The van der Waals surface area contributed by atoms with Crippen LogP contribution in [0.3, 0.4) is 0 Å². The number of anilines is 1. The van der Waals surface area contributed by atoms with Gasteiger partial charge in [-0.05, 0) is 37.0 Å². The van der Waals surface area contributed by atoms with Gasteiger partial charge in [0.1, 0.15) is 13.2 Å². The van der Waals surface area contributed by atoms with Gasteiger partial charge < -0.3 is 19.4 Å². The standard InChI is InChI=1S/C16H19N3O2/c1-4-14-15(21-10-9-20-14)11-12(1)5-6-17-16-18-7-8-19(16)13-2-3-13/h1,4,7-8,11,13H,2-3,5-6,9-10H2,(H,17,18). The summed E-state index contributed by atoms with van der Waals surface area (Å²) in [6, 6.07) is 6.82. The van der Waals surface area contributed by atoms with Crippen molar-refractivity contribution in [3.63, 3.8) is 0 Å². The van der Waals surface area contributed by atoms with Crippen LogP contribution in [0.15, 0.2) is 30.6 Å². The fourth-order valence-corrected chi connectivity index (χ4v) is 2.66. The smallest absolute Gasteiger partial charge is 0.203 e. The number of aromatic nitrogens is 2. The highest BCUT2D eigenvalue weighted by molar-refractivity contribution is 5.44. The van der Waals surface area contributed by atoms with Crippen LogP contribution in [-0.4, -0.2) is 29.3 Å². The van der Waals surface area contributed by atoms with Gasteiger partial charge in [0.2, 0.25) is 5.95 Å². The molecule has 110 valence electrons. The maximum atomic E-state index is 5.61. The quantitative estimate of drug-likeness (QED) is 0.917. The maximum Gasteiger partial charge on any atom is 0.203 e.